The minimum Gasteiger partial charge on any atom is -0.479 e. The highest BCUT2D eigenvalue weighted by Gasteiger charge is 2.49. The monoisotopic (exact) mass is 526 g/mol. The molecule has 0 aromatic rings. The van der Waals surface area contributed by atoms with E-state index in [9.17, 15) is 24.0 Å². The van der Waals surface area contributed by atoms with Gasteiger partial charge in [-0.25, -0.2) is 14.4 Å². The van der Waals surface area contributed by atoms with E-state index >= 15 is 0 Å². The molecule has 0 radical (unpaired) electrons. The van der Waals surface area contributed by atoms with Gasteiger partial charge in [0.15, 0.2) is 12.2 Å². The Balaban J connectivity index is 2.29. The van der Waals surface area contributed by atoms with Gasteiger partial charge in [0.05, 0.1) is 19.6 Å². The molecule has 5 atom stereocenters. The topological polar surface area (TPSA) is 202 Å². The van der Waals surface area contributed by atoms with Crippen molar-refractivity contribution in [1.29, 1.82) is 0 Å². The van der Waals surface area contributed by atoms with Crippen molar-refractivity contribution in [2.24, 2.45) is 11.0 Å². The molecule has 2 heterocycles. The molecule has 2 aliphatic rings. The summed E-state index contributed by atoms with van der Waals surface area (Å²) in [6.45, 7) is 5.92. The Labute approximate surface area is 212 Å². The van der Waals surface area contributed by atoms with E-state index in [4.69, 9.17) is 29.2 Å². The number of ketones is 1. The van der Waals surface area contributed by atoms with Crippen LogP contribution in [0.2, 0.25) is 0 Å². The number of Topliss-reactive ketones (excluding diaryl/α,β-unsaturated/α-hetero) is 1. The van der Waals surface area contributed by atoms with Crippen LogP contribution in [-0.2, 0) is 42.8 Å². The van der Waals surface area contributed by atoms with E-state index in [-0.39, 0.29) is 37.5 Å². The summed E-state index contributed by atoms with van der Waals surface area (Å²) in [5.74, 6) is -3.05. The number of alkyl carbamates (subject to hydrolysis) is 1. The molecular weight excluding hydrogens is 496 g/mol. The van der Waals surface area contributed by atoms with Gasteiger partial charge in [0, 0.05) is 23.8 Å². The summed E-state index contributed by atoms with van der Waals surface area (Å²) in [6.07, 6.45) is -5.09. The van der Waals surface area contributed by atoms with E-state index < -0.39 is 60.1 Å². The van der Waals surface area contributed by atoms with Crippen LogP contribution in [0.25, 0.3) is 10.4 Å². The number of azide groups is 1. The van der Waals surface area contributed by atoms with Crippen molar-refractivity contribution >= 4 is 30.0 Å². The second-order valence-corrected chi connectivity index (χ2v) is 9.22. The zero-order valence-corrected chi connectivity index (χ0v) is 21.1. The van der Waals surface area contributed by atoms with Crippen LogP contribution in [0.5, 0.6) is 0 Å². The van der Waals surface area contributed by atoms with E-state index in [0.29, 0.717) is 0 Å². The lowest BCUT2D eigenvalue weighted by Crippen LogP contribution is -2.53. The van der Waals surface area contributed by atoms with Gasteiger partial charge in [-0.05, 0) is 39.3 Å². The number of hydrogen-bond acceptors (Lipinski definition) is 12. The number of nitrogens with one attached hydrogen (secondary N) is 1. The Bertz CT molecular complexity index is 984. The predicted octanol–water partition coefficient (Wildman–Crippen LogP) is 2.08. The third-order valence-corrected chi connectivity index (χ3v) is 5.11. The van der Waals surface area contributed by atoms with Gasteiger partial charge >= 0.3 is 24.2 Å². The van der Waals surface area contributed by atoms with Crippen molar-refractivity contribution < 1.29 is 52.4 Å². The number of esters is 2. The van der Waals surface area contributed by atoms with Crippen molar-refractivity contribution in [2.75, 3.05) is 20.3 Å². The van der Waals surface area contributed by atoms with Crippen LogP contribution >= 0.6 is 0 Å². The Morgan fingerprint density at radius 3 is 2.51 bits per heavy atom. The van der Waals surface area contributed by atoms with Crippen LogP contribution in [0, 0.1) is 5.92 Å². The molecule has 0 bridgehead atoms. The van der Waals surface area contributed by atoms with Gasteiger partial charge in [-0.15, -0.1) is 0 Å². The lowest BCUT2D eigenvalue weighted by molar-refractivity contribution is -0.154. The van der Waals surface area contributed by atoms with Gasteiger partial charge in [-0.1, -0.05) is 5.11 Å². The lowest BCUT2D eigenvalue weighted by Gasteiger charge is -2.39. The first-order valence-electron chi connectivity index (χ1n) is 11.3. The van der Waals surface area contributed by atoms with Crippen molar-refractivity contribution in [3.8, 4) is 0 Å². The molecule has 204 valence electrons. The van der Waals surface area contributed by atoms with Gasteiger partial charge < -0.3 is 38.5 Å². The Morgan fingerprint density at radius 2 is 1.97 bits per heavy atom. The average molecular weight is 526 g/mol. The first-order chi connectivity index (χ1) is 17.3. The van der Waals surface area contributed by atoms with Gasteiger partial charge in [0.1, 0.15) is 24.1 Å². The van der Waals surface area contributed by atoms with Crippen molar-refractivity contribution in [2.45, 2.75) is 70.5 Å². The fraction of sp³-hybridized carbons (Fsp3) is 0.682. The van der Waals surface area contributed by atoms with Crippen molar-refractivity contribution in [3.63, 3.8) is 0 Å². The zero-order valence-electron chi connectivity index (χ0n) is 21.1. The molecule has 15 heteroatoms. The zero-order chi connectivity index (χ0) is 27.8. The summed E-state index contributed by atoms with van der Waals surface area (Å²) < 4.78 is 31.0. The Kier molecular flexibility index (Phi) is 10.1. The van der Waals surface area contributed by atoms with Gasteiger partial charge in [-0.2, -0.15) is 0 Å². The molecule has 1 saturated heterocycles. The second-order valence-electron chi connectivity index (χ2n) is 9.22. The smallest absolute Gasteiger partial charge is 0.479 e. The number of carbonyl (C=O) groups excluding carboxylic acids is 5. The summed E-state index contributed by atoms with van der Waals surface area (Å²) in [4.78, 5) is 63.2. The minimum atomic E-state index is -1.41. The van der Waals surface area contributed by atoms with Gasteiger partial charge in [-0.3, -0.25) is 4.79 Å². The molecule has 1 amide bonds. The summed E-state index contributed by atoms with van der Waals surface area (Å²) in [7, 11) is 1.10. The molecule has 2 rings (SSSR count). The molecule has 5 unspecified atom stereocenters. The molecule has 15 nitrogen and oxygen atoms in total. The van der Waals surface area contributed by atoms with Crippen LogP contribution in [0.3, 0.4) is 0 Å². The highest BCUT2D eigenvalue weighted by molar-refractivity contribution is 5.86. The first kappa shape index (κ1) is 29.2. The van der Waals surface area contributed by atoms with Gasteiger partial charge in [0.25, 0.3) is 0 Å². The van der Waals surface area contributed by atoms with Crippen LogP contribution in [0.1, 0.15) is 40.5 Å². The Morgan fingerprint density at radius 1 is 1.27 bits per heavy atom. The van der Waals surface area contributed by atoms with Crippen molar-refractivity contribution in [1.82, 2.24) is 5.32 Å². The van der Waals surface area contributed by atoms with Crippen LogP contribution in [0.4, 0.5) is 9.59 Å². The molecule has 0 spiro atoms. The molecule has 2 aliphatic heterocycles. The molecule has 0 aromatic carbocycles. The number of amides is 1. The minimum absolute atomic E-state index is 0.140. The quantitative estimate of drug-likeness (QED) is 0.143. The summed E-state index contributed by atoms with van der Waals surface area (Å²) >= 11 is 0. The number of rotatable bonds is 10. The van der Waals surface area contributed by atoms with Crippen LogP contribution < -0.4 is 5.32 Å². The fourth-order valence-corrected chi connectivity index (χ4v) is 3.70. The van der Waals surface area contributed by atoms with E-state index in [2.05, 4.69) is 20.1 Å². The summed E-state index contributed by atoms with van der Waals surface area (Å²) in [6, 6.07) is -1.07. The standard InChI is InChI=1S/C22H30N4O11/c1-11(27)8-12-13(25-26-23)9-14(19(29)32-5)34-17(12)18(15-10-33-21(31)35-15)36-20(30)24-7-6-16(28)37-22(2,3)4/h9,12-13,15,17-18H,6-8,10H2,1-5H3,(H,24,30). The van der Waals surface area contributed by atoms with E-state index in [1.807, 2.05) is 0 Å². The number of methoxy groups -OCH3 is 1. The largest absolute Gasteiger partial charge is 0.508 e. The maximum absolute atomic E-state index is 12.6. The number of carbonyl (C=O) groups is 5. The van der Waals surface area contributed by atoms with Gasteiger partial charge in [0.2, 0.25) is 5.76 Å². The van der Waals surface area contributed by atoms with Crippen LogP contribution in [-0.4, -0.2) is 80.2 Å². The number of hydrogen-bond donors (Lipinski definition) is 1. The fourth-order valence-electron chi connectivity index (χ4n) is 3.70. The molecule has 1 N–H and O–H groups in total. The predicted molar refractivity (Wildman–Crippen MR) is 122 cm³/mol. The SMILES string of the molecule is COC(=O)C1=CC(N=[N+]=[N-])C(CC(C)=O)C(C(OC(=O)NCCC(=O)OC(C)(C)C)C2COC(=O)O2)O1. The normalized spacial score (nSPS) is 23.6. The lowest BCUT2D eigenvalue weighted by atomic mass is 9.83. The summed E-state index contributed by atoms with van der Waals surface area (Å²) in [5.41, 5.74) is 8.34. The van der Waals surface area contributed by atoms with Crippen molar-refractivity contribution in [3.05, 3.63) is 22.3 Å². The maximum atomic E-state index is 12.6. The molecule has 37 heavy (non-hydrogen) atoms. The molecule has 0 aromatic heterocycles. The van der Waals surface area contributed by atoms with E-state index in [1.54, 1.807) is 20.8 Å². The van der Waals surface area contributed by atoms with E-state index in [1.165, 1.54) is 13.0 Å². The van der Waals surface area contributed by atoms with E-state index in [0.717, 1.165) is 7.11 Å². The highest BCUT2D eigenvalue weighted by Crippen LogP contribution is 2.35. The molecular formula is C22H30N4O11. The second kappa shape index (κ2) is 12.8. The first-order valence-corrected chi connectivity index (χ1v) is 11.3. The summed E-state index contributed by atoms with van der Waals surface area (Å²) in [5, 5.41) is 6.04. The highest BCUT2D eigenvalue weighted by atomic mass is 16.8. The molecule has 1 fully saturated rings. The number of ether oxygens (including phenoxy) is 6. The third-order valence-electron chi connectivity index (χ3n) is 5.11. The number of nitrogens with zero attached hydrogens (tertiary/aromatic N) is 3. The third kappa shape index (κ3) is 8.86. The van der Waals surface area contributed by atoms with Crippen LogP contribution in [0.15, 0.2) is 16.9 Å². The maximum Gasteiger partial charge on any atom is 0.508 e. The molecule has 0 aliphatic carbocycles. The Hall–Kier alpha value is -4.00. The molecule has 0 saturated carbocycles. The average Bonchev–Trinajstić information content (AvgIpc) is 3.22. The number of cyclic esters (lactones) is 2.